The Morgan fingerprint density at radius 2 is 2.00 bits per heavy atom. The smallest absolute Gasteiger partial charge is 0.219 e. The van der Waals surface area contributed by atoms with E-state index in [0.29, 0.717) is 17.4 Å². The molecule has 2 aromatic rings. The zero-order valence-electron chi connectivity index (χ0n) is 11.4. The predicted octanol–water partition coefficient (Wildman–Crippen LogP) is 2.91. The van der Waals surface area contributed by atoms with Crippen LogP contribution in [-0.4, -0.2) is 19.1 Å². The van der Waals surface area contributed by atoms with Crippen molar-refractivity contribution in [2.24, 2.45) is 0 Å². The topological polar surface area (TPSA) is 43.4 Å². The van der Waals surface area contributed by atoms with Crippen LogP contribution in [0.2, 0.25) is 0 Å². The van der Waals surface area contributed by atoms with E-state index in [4.69, 9.17) is 9.47 Å². The summed E-state index contributed by atoms with van der Waals surface area (Å²) in [6, 6.07) is 9.67. The average Bonchev–Trinajstić information content (AvgIpc) is 2.41. The Balaban J connectivity index is 2.23. The van der Waals surface area contributed by atoms with Crippen molar-refractivity contribution in [2.75, 3.05) is 14.2 Å². The maximum atomic E-state index is 5.78. The zero-order valence-corrected chi connectivity index (χ0v) is 11.4. The third-order valence-electron chi connectivity index (χ3n) is 2.71. The normalized spacial score (nSPS) is 10.3. The molecule has 0 saturated carbocycles. The SMILES string of the molecule is CNCc1ccnc(Oc2ccc(C)cc2OC)c1. The van der Waals surface area contributed by atoms with Gasteiger partial charge >= 0.3 is 0 Å². The van der Waals surface area contributed by atoms with Crippen LogP contribution in [0.4, 0.5) is 0 Å². The Kier molecular flexibility index (Phi) is 4.36. The van der Waals surface area contributed by atoms with Gasteiger partial charge in [-0.2, -0.15) is 0 Å². The molecule has 0 aliphatic carbocycles. The molecule has 2 rings (SSSR count). The second kappa shape index (κ2) is 6.20. The van der Waals surface area contributed by atoms with Gasteiger partial charge in [0.15, 0.2) is 11.5 Å². The Morgan fingerprint density at radius 1 is 1.16 bits per heavy atom. The van der Waals surface area contributed by atoms with Crippen molar-refractivity contribution < 1.29 is 9.47 Å². The molecule has 1 N–H and O–H groups in total. The monoisotopic (exact) mass is 258 g/mol. The molecule has 19 heavy (non-hydrogen) atoms. The number of nitrogens with one attached hydrogen (secondary N) is 1. The highest BCUT2D eigenvalue weighted by molar-refractivity contribution is 5.44. The first-order valence-corrected chi connectivity index (χ1v) is 6.15. The van der Waals surface area contributed by atoms with Crippen LogP contribution in [0.3, 0.4) is 0 Å². The van der Waals surface area contributed by atoms with Crippen LogP contribution in [0.15, 0.2) is 36.5 Å². The van der Waals surface area contributed by atoms with E-state index in [-0.39, 0.29) is 0 Å². The van der Waals surface area contributed by atoms with Crippen LogP contribution in [0.25, 0.3) is 0 Å². The maximum absolute atomic E-state index is 5.78. The molecule has 1 heterocycles. The quantitative estimate of drug-likeness (QED) is 0.895. The number of aryl methyl sites for hydroxylation is 1. The van der Waals surface area contributed by atoms with Gasteiger partial charge in [0.1, 0.15) is 0 Å². The van der Waals surface area contributed by atoms with Crippen LogP contribution in [0.1, 0.15) is 11.1 Å². The van der Waals surface area contributed by atoms with E-state index in [2.05, 4.69) is 10.3 Å². The van der Waals surface area contributed by atoms with Crippen molar-refractivity contribution in [3.63, 3.8) is 0 Å². The number of nitrogens with zero attached hydrogens (tertiary/aromatic N) is 1. The van der Waals surface area contributed by atoms with Gasteiger partial charge in [-0.1, -0.05) is 6.07 Å². The summed E-state index contributed by atoms with van der Waals surface area (Å²) in [4.78, 5) is 4.21. The van der Waals surface area contributed by atoms with Crippen LogP contribution in [0.5, 0.6) is 17.4 Å². The third kappa shape index (κ3) is 3.45. The number of aromatic nitrogens is 1. The molecule has 0 amide bonds. The summed E-state index contributed by atoms with van der Waals surface area (Å²) in [6.07, 6.45) is 1.74. The number of methoxy groups -OCH3 is 1. The highest BCUT2D eigenvalue weighted by Gasteiger charge is 2.07. The maximum Gasteiger partial charge on any atom is 0.219 e. The standard InChI is InChI=1S/C15H18N2O2/c1-11-4-5-13(14(8-11)18-3)19-15-9-12(10-16-2)6-7-17-15/h4-9,16H,10H2,1-3H3. The lowest BCUT2D eigenvalue weighted by Gasteiger charge is -2.11. The van der Waals surface area contributed by atoms with E-state index in [9.17, 15) is 0 Å². The number of pyridine rings is 1. The molecule has 0 bridgehead atoms. The van der Waals surface area contributed by atoms with Crippen molar-refractivity contribution in [1.29, 1.82) is 0 Å². The molecular weight excluding hydrogens is 240 g/mol. The molecule has 0 spiro atoms. The molecule has 0 aliphatic rings. The molecule has 1 aromatic carbocycles. The lowest BCUT2D eigenvalue weighted by Crippen LogP contribution is -2.05. The molecule has 4 nitrogen and oxygen atoms in total. The van der Waals surface area contributed by atoms with Gasteiger partial charge in [-0.15, -0.1) is 0 Å². The summed E-state index contributed by atoms with van der Waals surface area (Å²) in [5.74, 6) is 1.94. The summed E-state index contributed by atoms with van der Waals surface area (Å²) in [5.41, 5.74) is 2.25. The minimum absolute atomic E-state index is 0.565. The molecule has 0 unspecified atom stereocenters. The zero-order chi connectivity index (χ0) is 13.7. The Labute approximate surface area is 113 Å². The highest BCUT2D eigenvalue weighted by Crippen LogP contribution is 2.31. The van der Waals surface area contributed by atoms with E-state index in [0.717, 1.165) is 17.7 Å². The van der Waals surface area contributed by atoms with Crippen molar-refractivity contribution in [3.05, 3.63) is 47.7 Å². The average molecular weight is 258 g/mol. The molecule has 100 valence electrons. The van der Waals surface area contributed by atoms with Gasteiger partial charge in [-0.05, 0) is 43.3 Å². The van der Waals surface area contributed by atoms with Gasteiger partial charge in [0.2, 0.25) is 5.88 Å². The summed E-state index contributed by atoms with van der Waals surface area (Å²) in [6.45, 7) is 2.79. The first-order valence-electron chi connectivity index (χ1n) is 6.15. The van der Waals surface area contributed by atoms with Crippen molar-refractivity contribution in [1.82, 2.24) is 10.3 Å². The fourth-order valence-electron chi connectivity index (χ4n) is 1.79. The van der Waals surface area contributed by atoms with Gasteiger partial charge in [0.05, 0.1) is 7.11 Å². The summed E-state index contributed by atoms with van der Waals surface area (Å²) < 4.78 is 11.1. The summed E-state index contributed by atoms with van der Waals surface area (Å²) in [5, 5.41) is 3.10. The van der Waals surface area contributed by atoms with Gasteiger partial charge in [-0.3, -0.25) is 0 Å². The Morgan fingerprint density at radius 3 is 2.74 bits per heavy atom. The van der Waals surface area contributed by atoms with Gasteiger partial charge in [0, 0.05) is 18.8 Å². The summed E-state index contributed by atoms with van der Waals surface area (Å²) in [7, 11) is 3.54. The molecule has 0 atom stereocenters. The van der Waals surface area contributed by atoms with E-state index >= 15 is 0 Å². The van der Waals surface area contributed by atoms with E-state index in [1.807, 2.05) is 44.3 Å². The third-order valence-corrected chi connectivity index (χ3v) is 2.71. The van der Waals surface area contributed by atoms with Crippen LogP contribution >= 0.6 is 0 Å². The molecule has 1 aromatic heterocycles. The Bertz CT molecular complexity index is 556. The van der Waals surface area contributed by atoms with E-state index < -0.39 is 0 Å². The van der Waals surface area contributed by atoms with Crippen LogP contribution in [0, 0.1) is 6.92 Å². The fourth-order valence-corrected chi connectivity index (χ4v) is 1.79. The minimum Gasteiger partial charge on any atom is -0.493 e. The molecule has 0 aliphatic heterocycles. The number of hydrogen-bond acceptors (Lipinski definition) is 4. The van der Waals surface area contributed by atoms with Crippen molar-refractivity contribution in [3.8, 4) is 17.4 Å². The Hall–Kier alpha value is -2.07. The lowest BCUT2D eigenvalue weighted by atomic mass is 10.2. The van der Waals surface area contributed by atoms with Gasteiger partial charge in [0.25, 0.3) is 0 Å². The first-order chi connectivity index (χ1) is 9.22. The fraction of sp³-hybridized carbons (Fsp3) is 0.267. The highest BCUT2D eigenvalue weighted by atomic mass is 16.5. The van der Waals surface area contributed by atoms with Gasteiger partial charge in [-0.25, -0.2) is 4.98 Å². The molecule has 0 fully saturated rings. The number of rotatable bonds is 5. The van der Waals surface area contributed by atoms with Gasteiger partial charge < -0.3 is 14.8 Å². The number of ether oxygens (including phenoxy) is 2. The molecular formula is C15H18N2O2. The second-order valence-electron chi connectivity index (χ2n) is 4.29. The van der Waals surface area contributed by atoms with Crippen LogP contribution in [-0.2, 0) is 6.54 Å². The van der Waals surface area contributed by atoms with E-state index in [1.165, 1.54) is 0 Å². The van der Waals surface area contributed by atoms with Crippen molar-refractivity contribution in [2.45, 2.75) is 13.5 Å². The second-order valence-corrected chi connectivity index (χ2v) is 4.29. The minimum atomic E-state index is 0.565. The first kappa shape index (κ1) is 13.4. The lowest BCUT2D eigenvalue weighted by molar-refractivity contribution is 0.373. The number of benzene rings is 1. The molecule has 0 radical (unpaired) electrons. The van der Waals surface area contributed by atoms with E-state index in [1.54, 1.807) is 13.3 Å². The predicted molar refractivity (Wildman–Crippen MR) is 74.8 cm³/mol. The summed E-state index contributed by atoms with van der Waals surface area (Å²) >= 11 is 0. The van der Waals surface area contributed by atoms with Crippen LogP contribution < -0.4 is 14.8 Å². The molecule has 4 heteroatoms. The largest absolute Gasteiger partial charge is 0.493 e. The number of hydrogen-bond donors (Lipinski definition) is 1. The van der Waals surface area contributed by atoms with Crippen molar-refractivity contribution >= 4 is 0 Å². The molecule has 0 saturated heterocycles.